The second-order valence-corrected chi connectivity index (χ2v) is 14.3. The van der Waals surface area contributed by atoms with Gasteiger partial charge < -0.3 is 24.8 Å². The third-order valence-corrected chi connectivity index (χ3v) is 8.31. The average molecular weight is 715 g/mol. The van der Waals surface area contributed by atoms with Gasteiger partial charge in [-0.1, -0.05) is 104 Å². The zero-order valence-corrected chi connectivity index (χ0v) is 29.9. The third-order valence-electron chi connectivity index (χ3n) is 7.30. The van der Waals surface area contributed by atoms with Crippen molar-refractivity contribution in [1.82, 2.24) is 15.8 Å². The van der Waals surface area contributed by atoms with Crippen LogP contribution in [0.5, 0.6) is 0 Å². The monoisotopic (exact) mass is 712 g/mol. The van der Waals surface area contributed by atoms with Crippen molar-refractivity contribution >= 4 is 70.0 Å². The number of hydrogen-bond donors (Lipinski definition) is 2. The molecule has 0 aliphatic carbocycles. The molecule has 3 rings (SSSR count). The van der Waals surface area contributed by atoms with Crippen LogP contribution in [-0.2, 0) is 14.3 Å². The second-order valence-electron chi connectivity index (χ2n) is 12.3. The molecule has 0 aliphatic rings. The molecule has 9 nitrogen and oxygen atoms in total. The van der Waals surface area contributed by atoms with Crippen LogP contribution in [-0.4, -0.2) is 52.1 Å². The second kappa shape index (κ2) is 16.2. The number of nitrogens with zero attached hydrogens (tertiary/aromatic N) is 2. The van der Waals surface area contributed by atoms with Crippen molar-refractivity contribution in [3.8, 4) is 22.6 Å². The summed E-state index contributed by atoms with van der Waals surface area (Å²) in [4.78, 5) is 39.6. The molecule has 3 aromatic rings. The first-order chi connectivity index (χ1) is 21.5. The van der Waals surface area contributed by atoms with Crippen molar-refractivity contribution in [1.29, 1.82) is 0 Å². The molecule has 3 atom stereocenters. The third kappa shape index (κ3) is 10.0. The summed E-state index contributed by atoms with van der Waals surface area (Å²) in [6.45, 7) is 12.9. The number of anilines is 1. The number of aromatic nitrogens is 1. The minimum Gasteiger partial charge on any atom is -0.444 e. The summed E-state index contributed by atoms with van der Waals surface area (Å²) < 4.78 is 11.0. The summed E-state index contributed by atoms with van der Waals surface area (Å²) in [6, 6.07) is 12.5. The molecule has 0 bridgehead atoms. The van der Waals surface area contributed by atoms with Gasteiger partial charge in [0.25, 0.3) is 5.91 Å². The van der Waals surface area contributed by atoms with Crippen LogP contribution >= 0.6 is 46.4 Å². The van der Waals surface area contributed by atoms with Crippen molar-refractivity contribution in [2.24, 2.45) is 11.8 Å². The van der Waals surface area contributed by atoms with Gasteiger partial charge in [0.1, 0.15) is 17.3 Å². The highest BCUT2D eigenvalue weighted by molar-refractivity contribution is 6.54. The summed E-state index contributed by atoms with van der Waals surface area (Å²) in [5, 5.41) is 10.7. The van der Waals surface area contributed by atoms with E-state index in [2.05, 4.69) is 15.8 Å². The van der Waals surface area contributed by atoms with E-state index in [0.717, 1.165) is 0 Å². The fraction of sp³-hybridized carbons (Fsp3) is 0.455. The van der Waals surface area contributed by atoms with Crippen molar-refractivity contribution in [2.75, 3.05) is 11.4 Å². The highest BCUT2D eigenvalue weighted by Crippen LogP contribution is 2.36. The predicted molar refractivity (Wildman–Crippen MR) is 185 cm³/mol. The maximum absolute atomic E-state index is 13.6. The fourth-order valence-electron chi connectivity index (χ4n) is 4.57. The van der Waals surface area contributed by atoms with E-state index in [1.54, 1.807) is 69.3 Å². The molecule has 0 fully saturated rings. The highest BCUT2D eigenvalue weighted by Gasteiger charge is 2.33. The maximum atomic E-state index is 13.6. The van der Waals surface area contributed by atoms with Crippen LogP contribution in [0.2, 0.25) is 10.0 Å². The number of carbonyl (C=O) groups excluding carboxylic acids is 3. The molecule has 0 radical (unpaired) electrons. The minimum absolute atomic E-state index is 0.0399. The lowest BCUT2D eigenvalue weighted by molar-refractivity contribution is -0.125. The Morgan fingerprint density at radius 2 is 1.61 bits per heavy atom. The standard InChI is InChI=1S/C33H40Cl4N4O5/c1-8-19(4)28(39-32(44)45-33(5,6)7)30(42)38-25(18(2)3)17-41(31(43)29(36)37)21-12-9-11-20(15-21)26-16-24(40-46-26)27-22(34)13-10-14-23(27)35/h9-16,18-19,25,28-29H,8,17H2,1-7H3,(H,38,42)(H,39,44)/t19?,25-,28+/m1/s1. The van der Waals surface area contributed by atoms with Crippen molar-refractivity contribution < 1.29 is 23.6 Å². The van der Waals surface area contributed by atoms with Gasteiger partial charge in [-0.3, -0.25) is 9.59 Å². The van der Waals surface area contributed by atoms with Gasteiger partial charge in [-0.2, -0.15) is 0 Å². The van der Waals surface area contributed by atoms with E-state index >= 15 is 0 Å². The molecule has 1 heterocycles. The smallest absolute Gasteiger partial charge is 0.408 e. The molecule has 2 aromatic carbocycles. The van der Waals surface area contributed by atoms with E-state index in [1.807, 2.05) is 27.7 Å². The van der Waals surface area contributed by atoms with Crippen LogP contribution in [0.15, 0.2) is 53.1 Å². The summed E-state index contributed by atoms with van der Waals surface area (Å²) in [7, 11) is 0. The lowest BCUT2D eigenvalue weighted by Gasteiger charge is -2.33. The van der Waals surface area contributed by atoms with Crippen LogP contribution in [0, 0.1) is 11.8 Å². The first-order valence-corrected chi connectivity index (χ1v) is 16.6. The quantitative estimate of drug-likeness (QED) is 0.182. The number of nitrogens with one attached hydrogen (secondary N) is 2. The molecule has 1 unspecified atom stereocenters. The van der Waals surface area contributed by atoms with Crippen molar-refractivity contribution in [3.63, 3.8) is 0 Å². The number of ether oxygens (including phenoxy) is 1. The van der Waals surface area contributed by atoms with Crippen LogP contribution in [0.25, 0.3) is 22.6 Å². The Balaban J connectivity index is 1.91. The molecule has 250 valence electrons. The van der Waals surface area contributed by atoms with Gasteiger partial charge >= 0.3 is 6.09 Å². The van der Waals surface area contributed by atoms with Gasteiger partial charge in [-0.05, 0) is 56.9 Å². The predicted octanol–water partition coefficient (Wildman–Crippen LogP) is 8.53. The number of benzene rings is 2. The van der Waals surface area contributed by atoms with Crippen LogP contribution in [0.3, 0.4) is 0 Å². The molecule has 0 aliphatic heterocycles. The summed E-state index contributed by atoms with van der Waals surface area (Å²) in [5.74, 6) is -0.889. The molecule has 2 N–H and O–H groups in total. The maximum Gasteiger partial charge on any atom is 0.408 e. The van der Waals surface area contributed by atoms with Crippen LogP contribution < -0.4 is 15.5 Å². The summed E-state index contributed by atoms with van der Waals surface area (Å²) >= 11 is 24.9. The van der Waals surface area contributed by atoms with Crippen LogP contribution in [0.4, 0.5) is 10.5 Å². The van der Waals surface area contributed by atoms with E-state index in [0.29, 0.717) is 44.7 Å². The molecule has 1 aromatic heterocycles. The number of carbonyl (C=O) groups is 3. The highest BCUT2D eigenvalue weighted by atomic mass is 35.5. The number of amides is 3. The molecule has 0 saturated carbocycles. The van der Waals surface area contributed by atoms with E-state index in [4.69, 9.17) is 55.7 Å². The van der Waals surface area contributed by atoms with Gasteiger partial charge in [0.15, 0.2) is 10.6 Å². The fourth-order valence-corrected chi connectivity index (χ4v) is 5.39. The lowest BCUT2D eigenvalue weighted by Crippen LogP contribution is -2.57. The Labute approximate surface area is 290 Å². The SMILES string of the molecule is CCC(C)[C@H](NC(=O)OC(C)(C)C)C(=O)N[C@H](CN(C(=O)C(Cl)Cl)c1cccc(-c2cc(-c3c(Cl)cccc3Cl)no2)c1)C(C)C. The average Bonchev–Trinajstić information content (AvgIpc) is 3.46. The molecule has 3 amide bonds. The summed E-state index contributed by atoms with van der Waals surface area (Å²) in [6.07, 6.45) is -0.0636. The van der Waals surface area contributed by atoms with Crippen molar-refractivity contribution in [2.45, 2.75) is 77.4 Å². The first-order valence-electron chi connectivity index (χ1n) is 14.9. The Bertz CT molecular complexity index is 1500. The number of alkyl halides is 2. The van der Waals surface area contributed by atoms with Crippen molar-refractivity contribution in [3.05, 3.63) is 58.6 Å². The zero-order valence-electron chi connectivity index (χ0n) is 26.9. The number of rotatable bonds is 12. The topological polar surface area (TPSA) is 114 Å². The van der Waals surface area contributed by atoms with E-state index in [1.165, 1.54) is 4.90 Å². The van der Waals surface area contributed by atoms with E-state index in [-0.39, 0.29) is 18.4 Å². The van der Waals surface area contributed by atoms with E-state index < -0.39 is 40.4 Å². The number of hydrogen-bond acceptors (Lipinski definition) is 6. The van der Waals surface area contributed by atoms with Gasteiger partial charge in [0, 0.05) is 35.5 Å². The first kappa shape index (κ1) is 37.5. The normalized spacial score (nSPS) is 13.7. The van der Waals surface area contributed by atoms with E-state index in [9.17, 15) is 14.4 Å². The molecule has 13 heteroatoms. The van der Waals surface area contributed by atoms with Gasteiger partial charge in [-0.25, -0.2) is 4.79 Å². The van der Waals surface area contributed by atoms with Gasteiger partial charge in [0.2, 0.25) is 5.91 Å². The number of alkyl carbamates (subject to hydrolysis) is 1. The molecule has 0 saturated heterocycles. The minimum atomic E-state index is -1.37. The molecular weight excluding hydrogens is 674 g/mol. The van der Waals surface area contributed by atoms with Crippen LogP contribution in [0.1, 0.15) is 54.9 Å². The molecule has 46 heavy (non-hydrogen) atoms. The Kier molecular flexibility index (Phi) is 13.2. The van der Waals surface area contributed by atoms with Gasteiger partial charge in [0.05, 0.1) is 10.0 Å². The Morgan fingerprint density at radius 3 is 2.17 bits per heavy atom. The zero-order chi connectivity index (χ0) is 34.3. The van der Waals surface area contributed by atoms with Gasteiger partial charge in [-0.15, -0.1) is 0 Å². The Hall–Kier alpha value is -2.98. The number of halogens is 4. The molecular formula is C33H40Cl4N4O5. The largest absolute Gasteiger partial charge is 0.444 e. The Morgan fingerprint density at radius 1 is 0.978 bits per heavy atom. The molecule has 0 spiro atoms. The lowest BCUT2D eigenvalue weighted by atomic mass is 9.96. The summed E-state index contributed by atoms with van der Waals surface area (Å²) in [5.41, 5.74) is 1.33.